The zero-order chi connectivity index (χ0) is 22.7. The van der Waals surface area contributed by atoms with Gasteiger partial charge in [-0.15, -0.1) is 11.3 Å². The van der Waals surface area contributed by atoms with Crippen LogP contribution in [0, 0.1) is 0 Å². The number of hydrogen-bond acceptors (Lipinski definition) is 4. The van der Waals surface area contributed by atoms with Crippen molar-refractivity contribution in [1.29, 1.82) is 0 Å². The predicted octanol–water partition coefficient (Wildman–Crippen LogP) is 6.30. The molecule has 1 heterocycles. The Balaban J connectivity index is 1.58. The Morgan fingerprint density at radius 1 is 1.03 bits per heavy atom. The Labute approximate surface area is 193 Å². The Hall–Kier alpha value is -2.66. The van der Waals surface area contributed by atoms with Crippen molar-refractivity contribution in [2.45, 2.75) is 57.3 Å². The van der Waals surface area contributed by atoms with Crippen LogP contribution in [0.2, 0.25) is 0 Å². The maximum Gasteiger partial charge on any atom is 0.222 e. The largest absolute Gasteiger partial charge is 0.508 e. The van der Waals surface area contributed by atoms with Gasteiger partial charge in [0.25, 0.3) is 0 Å². The summed E-state index contributed by atoms with van der Waals surface area (Å²) in [5, 5.41) is 10.9. The highest BCUT2D eigenvalue weighted by atomic mass is 32.1. The van der Waals surface area contributed by atoms with E-state index in [1.807, 2.05) is 30.3 Å². The second kappa shape index (κ2) is 9.86. The minimum Gasteiger partial charge on any atom is -0.508 e. The lowest BCUT2D eigenvalue weighted by atomic mass is 9.85. The van der Waals surface area contributed by atoms with Crippen LogP contribution in [0.5, 0.6) is 5.75 Å². The number of carbonyl (C=O) groups is 2. The lowest BCUT2D eigenvalue weighted by molar-refractivity contribution is -0.128. The van der Waals surface area contributed by atoms with E-state index in [1.165, 1.54) is 24.1 Å². The molecule has 0 saturated heterocycles. The highest BCUT2D eigenvalue weighted by Crippen LogP contribution is 2.43. The third kappa shape index (κ3) is 4.88. The van der Waals surface area contributed by atoms with Crippen LogP contribution in [0.15, 0.2) is 42.5 Å². The Morgan fingerprint density at radius 2 is 1.75 bits per heavy atom. The van der Waals surface area contributed by atoms with E-state index >= 15 is 0 Å². The predicted molar refractivity (Wildman–Crippen MR) is 131 cm³/mol. The number of hydrogen-bond donors (Lipinski definition) is 1. The smallest absolute Gasteiger partial charge is 0.222 e. The lowest BCUT2D eigenvalue weighted by Crippen LogP contribution is -2.21. The Bertz CT molecular complexity index is 1110. The molecule has 1 saturated carbocycles. The number of fused-ring (bicyclic) bond motifs is 1. The lowest BCUT2D eigenvalue weighted by Gasteiger charge is -2.21. The molecule has 0 aliphatic heterocycles. The fourth-order valence-corrected chi connectivity index (χ4v) is 6.03. The molecule has 0 radical (unpaired) electrons. The zero-order valence-electron chi connectivity index (χ0n) is 18.9. The molecular formula is C27H31NO3S. The Kier molecular flexibility index (Phi) is 6.95. The second-order valence-corrected chi connectivity index (χ2v) is 10.1. The average molecular weight is 450 g/mol. The normalized spacial score (nSPS) is 14.6. The molecule has 1 aliphatic carbocycles. The van der Waals surface area contributed by atoms with Crippen molar-refractivity contribution in [2.24, 2.45) is 0 Å². The van der Waals surface area contributed by atoms with Crippen molar-refractivity contribution in [3.8, 4) is 5.75 Å². The second-order valence-electron chi connectivity index (χ2n) is 9.02. The number of ketones is 1. The standard InChI is InChI=1S/C27H31NO3S/c1-28(2)24(30)10-6-7-18-11-13-19(14-12-18)26(31)25-22-16-15-21(29)17-23(22)32-27(25)20-8-4-3-5-9-20/h11-17,20,29H,3-10H2,1-2H3. The molecule has 5 heteroatoms. The van der Waals surface area contributed by atoms with Gasteiger partial charge in [0.1, 0.15) is 5.75 Å². The zero-order valence-corrected chi connectivity index (χ0v) is 19.7. The van der Waals surface area contributed by atoms with Gasteiger partial charge in [0.05, 0.1) is 0 Å². The summed E-state index contributed by atoms with van der Waals surface area (Å²) < 4.78 is 0.983. The van der Waals surface area contributed by atoms with Crippen LogP contribution < -0.4 is 0 Å². The molecule has 3 aromatic rings. The third-order valence-electron chi connectivity index (χ3n) is 6.47. The van der Waals surface area contributed by atoms with E-state index in [0.717, 1.165) is 46.9 Å². The molecular weight excluding hydrogens is 418 g/mol. The van der Waals surface area contributed by atoms with Gasteiger partial charge in [-0.3, -0.25) is 9.59 Å². The summed E-state index contributed by atoms with van der Waals surface area (Å²) in [5.74, 6) is 0.875. The van der Waals surface area contributed by atoms with Gasteiger partial charge in [0, 0.05) is 46.6 Å². The van der Waals surface area contributed by atoms with Gasteiger partial charge in [-0.1, -0.05) is 43.5 Å². The topological polar surface area (TPSA) is 57.6 Å². The first kappa shape index (κ1) is 22.5. The number of phenolic OH excluding ortho intramolecular Hbond substituents is 1. The molecule has 1 N–H and O–H groups in total. The van der Waals surface area contributed by atoms with Crippen LogP contribution >= 0.6 is 11.3 Å². The van der Waals surface area contributed by atoms with Crippen LogP contribution in [0.4, 0.5) is 0 Å². The summed E-state index contributed by atoms with van der Waals surface area (Å²) in [6, 6.07) is 13.2. The van der Waals surface area contributed by atoms with E-state index in [2.05, 4.69) is 0 Å². The molecule has 4 rings (SSSR count). The number of nitrogens with zero attached hydrogens (tertiary/aromatic N) is 1. The molecule has 1 aromatic heterocycles. The van der Waals surface area contributed by atoms with Gasteiger partial charge in [-0.25, -0.2) is 0 Å². The van der Waals surface area contributed by atoms with Gasteiger partial charge >= 0.3 is 0 Å². The van der Waals surface area contributed by atoms with Gasteiger partial charge in [0.15, 0.2) is 5.78 Å². The van der Waals surface area contributed by atoms with E-state index < -0.39 is 0 Å². The first-order valence-corrected chi connectivity index (χ1v) is 12.3. The van der Waals surface area contributed by atoms with E-state index in [0.29, 0.717) is 17.9 Å². The molecule has 1 amide bonds. The molecule has 0 unspecified atom stereocenters. The van der Waals surface area contributed by atoms with Crippen molar-refractivity contribution < 1.29 is 14.7 Å². The average Bonchev–Trinajstić information content (AvgIpc) is 3.18. The van der Waals surface area contributed by atoms with Crippen LogP contribution in [0.25, 0.3) is 10.1 Å². The van der Waals surface area contributed by atoms with Gasteiger partial charge < -0.3 is 10.0 Å². The molecule has 1 fully saturated rings. The van der Waals surface area contributed by atoms with Crippen molar-refractivity contribution in [1.82, 2.24) is 4.90 Å². The maximum atomic E-state index is 13.7. The van der Waals surface area contributed by atoms with Gasteiger partial charge in [-0.2, -0.15) is 0 Å². The number of carbonyl (C=O) groups excluding carboxylic acids is 2. The van der Waals surface area contributed by atoms with Crippen molar-refractivity contribution in [3.63, 3.8) is 0 Å². The SMILES string of the molecule is CN(C)C(=O)CCCc1ccc(C(=O)c2c(C3CCCCC3)sc3cc(O)ccc23)cc1. The summed E-state index contributed by atoms with van der Waals surface area (Å²) in [6.45, 7) is 0. The molecule has 0 bridgehead atoms. The van der Waals surface area contributed by atoms with E-state index in [4.69, 9.17) is 0 Å². The maximum absolute atomic E-state index is 13.7. The third-order valence-corrected chi connectivity index (χ3v) is 7.79. The number of amides is 1. The van der Waals surface area contributed by atoms with Crippen molar-refractivity contribution in [3.05, 3.63) is 64.0 Å². The molecule has 0 atom stereocenters. The number of phenols is 1. The molecule has 2 aromatic carbocycles. The van der Waals surface area contributed by atoms with Crippen LogP contribution in [-0.2, 0) is 11.2 Å². The van der Waals surface area contributed by atoms with Crippen LogP contribution in [-0.4, -0.2) is 35.8 Å². The van der Waals surface area contributed by atoms with E-state index in [9.17, 15) is 14.7 Å². The molecule has 4 nitrogen and oxygen atoms in total. The van der Waals surface area contributed by atoms with Crippen LogP contribution in [0.3, 0.4) is 0 Å². The monoisotopic (exact) mass is 449 g/mol. The molecule has 1 aliphatic rings. The number of thiophene rings is 1. The fourth-order valence-electron chi connectivity index (χ4n) is 4.63. The Morgan fingerprint density at radius 3 is 2.44 bits per heavy atom. The number of aromatic hydroxyl groups is 1. The minimum absolute atomic E-state index is 0.0665. The molecule has 0 spiro atoms. The number of benzene rings is 2. The highest BCUT2D eigenvalue weighted by molar-refractivity contribution is 7.19. The summed E-state index contributed by atoms with van der Waals surface area (Å²) in [4.78, 5) is 28.2. The summed E-state index contributed by atoms with van der Waals surface area (Å²) in [5.41, 5.74) is 2.66. The first-order chi connectivity index (χ1) is 15.4. The van der Waals surface area contributed by atoms with E-state index in [-0.39, 0.29) is 17.4 Å². The molecule has 32 heavy (non-hydrogen) atoms. The van der Waals surface area contributed by atoms with Gasteiger partial charge in [0.2, 0.25) is 5.91 Å². The summed E-state index contributed by atoms with van der Waals surface area (Å²) >= 11 is 1.67. The fraction of sp³-hybridized carbons (Fsp3) is 0.407. The minimum atomic E-state index is 0.0665. The summed E-state index contributed by atoms with van der Waals surface area (Å²) in [6.07, 6.45) is 8.11. The first-order valence-electron chi connectivity index (χ1n) is 11.5. The van der Waals surface area contributed by atoms with Crippen molar-refractivity contribution >= 4 is 33.1 Å². The summed E-state index contributed by atoms with van der Waals surface area (Å²) in [7, 11) is 3.56. The van der Waals surface area contributed by atoms with E-state index in [1.54, 1.807) is 42.5 Å². The number of aryl methyl sites for hydroxylation is 1. The quantitative estimate of drug-likeness (QED) is 0.431. The van der Waals surface area contributed by atoms with Crippen LogP contribution in [0.1, 0.15) is 77.2 Å². The molecule has 168 valence electrons. The van der Waals surface area contributed by atoms with Gasteiger partial charge in [-0.05, 0) is 55.4 Å². The van der Waals surface area contributed by atoms with Crippen molar-refractivity contribution in [2.75, 3.05) is 14.1 Å². The highest BCUT2D eigenvalue weighted by Gasteiger charge is 2.27. The number of rotatable bonds is 7.